The molecule has 0 aromatic rings. The molecule has 15 heavy (non-hydrogen) atoms. The van der Waals surface area contributed by atoms with Gasteiger partial charge in [0.15, 0.2) is 0 Å². The maximum Gasteiger partial charge on any atom is 0.304 e. The summed E-state index contributed by atoms with van der Waals surface area (Å²) in [6.07, 6.45) is 5.76. The van der Waals surface area contributed by atoms with E-state index in [0.29, 0.717) is 6.42 Å². The molecule has 2 fully saturated rings. The summed E-state index contributed by atoms with van der Waals surface area (Å²) in [5, 5.41) is 12.1. The second kappa shape index (κ2) is 4.74. The van der Waals surface area contributed by atoms with E-state index in [1.165, 1.54) is 25.7 Å². The molecule has 0 aromatic carbocycles. The number of carboxylic acids is 1. The molecule has 0 bridgehead atoms. The summed E-state index contributed by atoms with van der Waals surface area (Å²) in [6.45, 7) is 1.74. The molecule has 2 aliphatic rings. The van der Waals surface area contributed by atoms with Crippen molar-refractivity contribution < 1.29 is 9.90 Å². The van der Waals surface area contributed by atoms with Gasteiger partial charge in [-0.15, -0.1) is 0 Å². The van der Waals surface area contributed by atoms with Gasteiger partial charge < -0.3 is 10.4 Å². The van der Waals surface area contributed by atoms with Crippen LogP contribution < -0.4 is 5.32 Å². The first kappa shape index (κ1) is 11.3. The summed E-state index contributed by atoms with van der Waals surface area (Å²) in [5.74, 6) is 1.35. The Balaban J connectivity index is 1.77. The lowest BCUT2D eigenvalue weighted by atomic mass is 9.98. The average Bonchev–Trinajstić information content (AvgIpc) is 2.61. The Morgan fingerprint density at radius 3 is 2.53 bits per heavy atom. The molecule has 0 spiro atoms. The van der Waals surface area contributed by atoms with Gasteiger partial charge in [-0.3, -0.25) is 4.79 Å². The van der Waals surface area contributed by atoms with Crippen molar-refractivity contribution in [2.45, 2.75) is 36.9 Å². The maximum atomic E-state index is 10.8. The largest absolute Gasteiger partial charge is 0.481 e. The van der Waals surface area contributed by atoms with Gasteiger partial charge in [-0.2, -0.15) is 11.8 Å². The first-order chi connectivity index (χ1) is 7.20. The minimum Gasteiger partial charge on any atom is -0.481 e. The van der Waals surface area contributed by atoms with Crippen molar-refractivity contribution in [3.8, 4) is 0 Å². The van der Waals surface area contributed by atoms with Crippen LogP contribution in [0.1, 0.15) is 32.1 Å². The maximum absolute atomic E-state index is 10.8. The molecule has 0 aromatic heterocycles. The molecule has 1 aliphatic carbocycles. The molecule has 0 radical (unpaired) electrons. The zero-order valence-corrected chi connectivity index (χ0v) is 9.81. The molecule has 2 N–H and O–H groups in total. The normalized spacial score (nSPS) is 25.1. The number of rotatable bonds is 5. The van der Waals surface area contributed by atoms with Crippen molar-refractivity contribution in [2.24, 2.45) is 5.92 Å². The zero-order chi connectivity index (χ0) is 10.7. The van der Waals surface area contributed by atoms with Crippen molar-refractivity contribution in [3.63, 3.8) is 0 Å². The van der Waals surface area contributed by atoms with Gasteiger partial charge in [-0.05, 0) is 24.5 Å². The average molecular weight is 229 g/mol. The number of nitrogens with one attached hydrogen (secondary N) is 1. The molecule has 2 rings (SSSR count). The van der Waals surface area contributed by atoms with Gasteiger partial charge in [-0.1, -0.05) is 12.8 Å². The molecule has 3 nitrogen and oxygen atoms in total. The number of hydrogen-bond donors (Lipinski definition) is 2. The molecule has 4 heteroatoms. The van der Waals surface area contributed by atoms with Crippen LogP contribution in [0.15, 0.2) is 0 Å². The second-order valence-corrected chi connectivity index (χ2v) is 6.31. The van der Waals surface area contributed by atoms with Gasteiger partial charge >= 0.3 is 5.97 Å². The van der Waals surface area contributed by atoms with E-state index in [9.17, 15) is 4.79 Å². The van der Waals surface area contributed by atoms with E-state index in [1.807, 2.05) is 11.8 Å². The number of aliphatic carboxylic acids is 1. The van der Waals surface area contributed by atoms with Crippen LogP contribution in [0.5, 0.6) is 0 Å². The molecule has 86 valence electrons. The summed E-state index contributed by atoms with van der Waals surface area (Å²) in [7, 11) is 0. The first-order valence-corrected chi connectivity index (χ1v) is 6.75. The number of thioether (sulfide) groups is 1. The van der Waals surface area contributed by atoms with Crippen molar-refractivity contribution in [2.75, 3.05) is 18.8 Å². The topological polar surface area (TPSA) is 49.3 Å². The Bertz CT molecular complexity index is 235. The van der Waals surface area contributed by atoms with Crippen LogP contribution in [0.3, 0.4) is 0 Å². The molecular formula is C11H19NO2S. The van der Waals surface area contributed by atoms with Crippen LogP contribution in [0.4, 0.5) is 0 Å². The van der Waals surface area contributed by atoms with Crippen LogP contribution in [-0.4, -0.2) is 34.7 Å². The molecular weight excluding hydrogens is 210 g/mol. The van der Waals surface area contributed by atoms with Crippen LogP contribution in [0.25, 0.3) is 0 Å². The monoisotopic (exact) mass is 229 g/mol. The fourth-order valence-electron chi connectivity index (χ4n) is 2.43. The van der Waals surface area contributed by atoms with Crippen LogP contribution in [0, 0.1) is 5.92 Å². The highest BCUT2D eigenvalue weighted by Gasteiger charge is 2.40. The third-order valence-corrected chi connectivity index (χ3v) is 5.15. The van der Waals surface area contributed by atoms with Crippen molar-refractivity contribution in [3.05, 3.63) is 0 Å². The van der Waals surface area contributed by atoms with E-state index < -0.39 is 5.97 Å². The summed E-state index contributed by atoms with van der Waals surface area (Å²) >= 11 is 1.89. The summed E-state index contributed by atoms with van der Waals surface area (Å²) in [6, 6.07) is 0. The van der Waals surface area contributed by atoms with E-state index in [-0.39, 0.29) is 4.75 Å². The molecule has 0 amide bonds. The predicted molar refractivity (Wildman–Crippen MR) is 62.3 cm³/mol. The smallest absolute Gasteiger partial charge is 0.304 e. The van der Waals surface area contributed by atoms with Gasteiger partial charge in [-0.25, -0.2) is 0 Å². The lowest BCUT2D eigenvalue weighted by Crippen LogP contribution is -2.58. The fourth-order valence-corrected chi connectivity index (χ4v) is 3.99. The standard InChI is InChI=1S/C11H19NO2S/c13-10(14)5-11(7-12-8-11)15-6-9-3-1-2-4-9/h9,12H,1-8H2,(H,13,14). The molecule has 1 aliphatic heterocycles. The quantitative estimate of drug-likeness (QED) is 0.754. The van der Waals surface area contributed by atoms with Crippen molar-refractivity contribution in [1.82, 2.24) is 5.32 Å². The Morgan fingerprint density at radius 1 is 1.40 bits per heavy atom. The van der Waals surface area contributed by atoms with Gasteiger partial charge in [0.05, 0.1) is 11.2 Å². The molecule has 1 heterocycles. The lowest BCUT2D eigenvalue weighted by molar-refractivity contribution is -0.138. The SMILES string of the molecule is O=C(O)CC1(SCC2CCCC2)CNC1. The second-order valence-electron chi connectivity index (χ2n) is 4.82. The minimum absolute atomic E-state index is 0.00836. The Kier molecular flexibility index (Phi) is 3.57. The van der Waals surface area contributed by atoms with Crippen LogP contribution in [0.2, 0.25) is 0 Å². The third kappa shape index (κ3) is 2.88. The lowest BCUT2D eigenvalue weighted by Gasteiger charge is -2.41. The van der Waals surface area contributed by atoms with Gasteiger partial charge in [0.25, 0.3) is 0 Å². The zero-order valence-electron chi connectivity index (χ0n) is 9.00. The van der Waals surface area contributed by atoms with Gasteiger partial charge in [0.2, 0.25) is 0 Å². The highest BCUT2D eigenvalue weighted by atomic mass is 32.2. The van der Waals surface area contributed by atoms with Crippen LogP contribution in [-0.2, 0) is 4.79 Å². The number of carbonyl (C=O) groups is 1. The van der Waals surface area contributed by atoms with Crippen LogP contribution >= 0.6 is 11.8 Å². The van der Waals surface area contributed by atoms with Gasteiger partial charge in [0.1, 0.15) is 0 Å². The molecule has 0 atom stereocenters. The highest BCUT2D eigenvalue weighted by molar-refractivity contribution is 8.00. The Hall–Kier alpha value is -0.220. The summed E-state index contributed by atoms with van der Waals surface area (Å²) < 4.78 is 0.00836. The van der Waals surface area contributed by atoms with E-state index in [4.69, 9.17) is 5.11 Å². The third-order valence-electron chi connectivity index (χ3n) is 3.47. The fraction of sp³-hybridized carbons (Fsp3) is 0.909. The van der Waals surface area contributed by atoms with E-state index >= 15 is 0 Å². The Morgan fingerprint density at radius 2 is 2.07 bits per heavy atom. The molecule has 1 saturated heterocycles. The summed E-state index contributed by atoms with van der Waals surface area (Å²) in [5.41, 5.74) is 0. The number of hydrogen-bond acceptors (Lipinski definition) is 3. The molecule has 0 unspecified atom stereocenters. The first-order valence-electron chi connectivity index (χ1n) is 5.77. The highest BCUT2D eigenvalue weighted by Crippen LogP contribution is 2.37. The summed E-state index contributed by atoms with van der Waals surface area (Å²) in [4.78, 5) is 10.8. The van der Waals surface area contributed by atoms with Crippen molar-refractivity contribution >= 4 is 17.7 Å². The Labute approximate surface area is 95.0 Å². The minimum atomic E-state index is -0.657. The predicted octanol–water partition coefficient (Wildman–Crippen LogP) is 1.73. The van der Waals surface area contributed by atoms with E-state index in [0.717, 1.165) is 24.8 Å². The van der Waals surface area contributed by atoms with E-state index in [1.54, 1.807) is 0 Å². The number of carboxylic acid groups (broad SMARTS) is 1. The van der Waals surface area contributed by atoms with Gasteiger partial charge in [0, 0.05) is 13.1 Å². The van der Waals surface area contributed by atoms with E-state index in [2.05, 4.69) is 5.32 Å². The molecule has 1 saturated carbocycles. The van der Waals surface area contributed by atoms with Crippen molar-refractivity contribution in [1.29, 1.82) is 0 Å².